The van der Waals surface area contributed by atoms with Crippen molar-refractivity contribution in [3.8, 4) is 0 Å². The maximum absolute atomic E-state index is 11.7. The number of ketones is 1. The molecule has 100 valence electrons. The van der Waals surface area contributed by atoms with E-state index >= 15 is 0 Å². The Kier molecular flexibility index (Phi) is 8.15. The third-order valence-electron chi connectivity index (χ3n) is 2.20. The van der Waals surface area contributed by atoms with Crippen LogP contribution < -0.4 is 0 Å². The van der Waals surface area contributed by atoms with E-state index in [-0.39, 0.29) is 12.4 Å². The molecule has 1 rings (SSSR count). The van der Waals surface area contributed by atoms with E-state index in [1.807, 2.05) is 24.3 Å². The molecule has 0 aliphatic rings. The standard InChI is InChI=1S/C13H17IO4/c1-16-6-7-17-8-9-18-10-13(15)11-2-4-12(14)5-3-11/h2-5H,6-10H2,1H3. The molecule has 0 radical (unpaired) electrons. The summed E-state index contributed by atoms with van der Waals surface area (Å²) >= 11 is 2.20. The predicted octanol–water partition coefficient (Wildman–Crippen LogP) is 2.15. The van der Waals surface area contributed by atoms with Crippen LogP contribution in [0.5, 0.6) is 0 Å². The van der Waals surface area contributed by atoms with Gasteiger partial charge in [0.15, 0.2) is 5.78 Å². The zero-order chi connectivity index (χ0) is 13.2. The first kappa shape index (κ1) is 15.6. The number of rotatable bonds is 9. The highest BCUT2D eigenvalue weighted by molar-refractivity contribution is 14.1. The Bertz CT molecular complexity index is 351. The molecular weight excluding hydrogens is 347 g/mol. The predicted molar refractivity (Wildman–Crippen MR) is 77.0 cm³/mol. The molecule has 4 nitrogen and oxygen atoms in total. The number of methoxy groups -OCH3 is 1. The van der Waals surface area contributed by atoms with Gasteiger partial charge in [-0.1, -0.05) is 12.1 Å². The van der Waals surface area contributed by atoms with E-state index in [2.05, 4.69) is 22.6 Å². The molecule has 0 N–H and O–H groups in total. The number of carbonyl (C=O) groups is 1. The van der Waals surface area contributed by atoms with Crippen molar-refractivity contribution >= 4 is 28.4 Å². The molecule has 18 heavy (non-hydrogen) atoms. The molecule has 0 heterocycles. The van der Waals surface area contributed by atoms with Gasteiger partial charge in [-0.2, -0.15) is 0 Å². The summed E-state index contributed by atoms with van der Waals surface area (Å²) in [6, 6.07) is 7.43. The molecule has 0 amide bonds. The van der Waals surface area contributed by atoms with Crippen molar-refractivity contribution in [2.24, 2.45) is 0 Å². The lowest BCUT2D eigenvalue weighted by atomic mass is 10.1. The van der Waals surface area contributed by atoms with Crippen LogP contribution in [0.3, 0.4) is 0 Å². The maximum Gasteiger partial charge on any atom is 0.188 e. The molecular formula is C13H17IO4. The van der Waals surface area contributed by atoms with Gasteiger partial charge in [0.25, 0.3) is 0 Å². The molecule has 1 aromatic carbocycles. The monoisotopic (exact) mass is 364 g/mol. The number of halogens is 1. The van der Waals surface area contributed by atoms with E-state index in [4.69, 9.17) is 14.2 Å². The Morgan fingerprint density at radius 2 is 1.67 bits per heavy atom. The Balaban J connectivity index is 2.12. The molecule has 0 aromatic heterocycles. The number of hydrogen-bond donors (Lipinski definition) is 0. The normalized spacial score (nSPS) is 10.6. The summed E-state index contributed by atoms with van der Waals surface area (Å²) in [6.07, 6.45) is 0. The summed E-state index contributed by atoms with van der Waals surface area (Å²) in [5.41, 5.74) is 0.677. The SMILES string of the molecule is COCCOCCOCC(=O)c1ccc(I)cc1. The Hall–Kier alpha value is -0.500. The van der Waals surface area contributed by atoms with E-state index in [0.717, 1.165) is 3.57 Å². The second-order valence-corrected chi connectivity index (χ2v) is 4.83. The van der Waals surface area contributed by atoms with Gasteiger partial charge in [-0.3, -0.25) is 4.79 Å². The van der Waals surface area contributed by atoms with Crippen LogP contribution in [0.25, 0.3) is 0 Å². The lowest BCUT2D eigenvalue weighted by Crippen LogP contribution is -2.13. The third-order valence-corrected chi connectivity index (χ3v) is 2.92. The number of Topliss-reactive ketones (excluding diaryl/α,β-unsaturated/α-hetero) is 1. The van der Waals surface area contributed by atoms with E-state index in [9.17, 15) is 4.79 Å². The fourth-order valence-electron chi connectivity index (χ4n) is 1.25. The van der Waals surface area contributed by atoms with Crippen molar-refractivity contribution in [1.29, 1.82) is 0 Å². The molecule has 0 fully saturated rings. The number of ether oxygens (including phenoxy) is 3. The first-order valence-electron chi connectivity index (χ1n) is 5.67. The van der Waals surface area contributed by atoms with Crippen LogP contribution in [0.2, 0.25) is 0 Å². The molecule has 0 aliphatic carbocycles. The second kappa shape index (κ2) is 9.43. The topological polar surface area (TPSA) is 44.8 Å². The molecule has 0 saturated heterocycles. The van der Waals surface area contributed by atoms with Gasteiger partial charge in [0.1, 0.15) is 6.61 Å². The fraction of sp³-hybridized carbons (Fsp3) is 0.462. The van der Waals surface area contributed by atoms with Gasteiger partial charge >= 0.3 is 0 Å². The Morgan fingerprint density at radius 3 is 2.33 bits per heavy atom. The van der Waals surface area contributed by atoms with Crippen LogP contribution in [-0.4, -0.2) is 45.9 Å². The molecule has 5 heteroatoms. The largest absolute Gasteiger partial charge is 0.382 e. The van der Waals surface area contributed by atoms with Crippen LogP contribution in [-0.2, 0) is 14.2 Å². The highest BCUT2D eigenvalue weighted by atomic mass is 127. The van der Waals surface area contributed by atoms with Crippen LogP contribution >= 0.6 is 22.6 Å². The minimum Gasteiger partial charge on any atom is -0.382 e. The minimum atomic E-state index is -0.0108. The van der Waals surface area contributed by atoms with Gasteiger partial charge in [-0.25, -0.2) is 0 Å². The maximum atomic E-state index is 11.7. The molecule has 0 spiro atoms. The van der Waals surface area contributed by atoms with E-state index in [1.54, 1.807) is 7.11 Å². The smallest absolute Gasteiger partial charge is 0.188 e. The highest BCUT2D eigenvalue weighted by Crippen LogP contribution is 2.07. The average Bonchev–Trinajstić information content (AvgIpc) is 2.38. The summed E-state index contributed by atoms with van der Waals surface area (Å²) < 4.78 is 16.4. The number of carbonyl (C=O) groups excluding carboxylic acids is 1. The van der Waals surface area contributed by atoms with E-state index in [0.29, 0.717) is 32.0 Å². The molecule has 0 unspecified atom stereocenters. The van der Waals surface area contributed by atoms with Gasteiger partial charge in [0.2, 0.25) is 0 Å². The van der Waals surface area contributed by atoms with E-state index in [1.165, 1.54) is 0 Å². The van der Waals surface area contributed by atoms with Crippen LogP contribution in [0.4, 0.5) is 0 Å². The van der Waals surface area contributed by atoms with Crippen molar-refractivity contribution in [2.75, 3.05) is 40.1 Å². The van der Waals surface area contributed by atoms with E-state index < -0.39 is 0 Å². The van der Waals surface area contributed by atoms with Crippen molar-refractivity contribution in [1.82, 2.24) is 0 Å². The van der Waals surface area contributed by atoms with Crippen LogP contribution in [0.1, 0.15) is 10.4 Å². The lowest BCUT2D eigenvalue weighted by molar-refractivity contribution is 0.0253. The summed E-state index contributed by atoms with van der Waals surface area (Å²) in [5.74, 6) is -0.0108. The van der Waals surface area contributed by atoms with Crippen molar-refractivity contribution in [3.63, 3.8) is 0 Å². The van der Waals surface area contributed by atoms with Crippen molar-refractivity contribution in [2.45, 2.75) is 0 Å². The fourth-order valence-corrected chi connectivity index (χ4v) is 1.61. The molecule has 0 aliphatic heterocycles. The summed E-state index contributed by atoms with van der Waals surface area (Å²) in [7, 11) is 1.62. The van der Waals surface area contributed by atoms with Crippen molar-refractivity contribution < 1.29 is 19.0 Å². The Labute approximate surface area is 121 Å². The van der Waals surface area contributed by atoms with Gasteiger partial charge in [-0.05, 0) is 34.7 Å². The highest BCUT2D eigenvalue weighted by Gasteiger charge is 2.05. The lowest BCUT2D eigenvalue weighted by Gasteiger charge is -2.05. The number of hydrogen-bond acceptors (Lipinski definition) is 4. The average molecular weight is 364 g/mol. The van der Waals surface area contributed by atoms with Crippen LogP contribution in [0, 0.1) is 3.57 Å². The molecule has 0 bridgehead atoms. The molecule has 0 saturated carbocycles. The third kappa shape index (κ3) is 6.44. The molecule has 1 aromatic rings. The minimum absolute atomic E-state index is 0.0108. The van der Waals surface area contributed by atoms with Gasteiger partial charge in [0, 0.05) is 16.2 Å². The second-order valence-electron chi connectivity index (χ2n) is 3.59. The Morgan fingerprint density at radius 1 is 1.06 bits per heavy atom. The zero-order valence-corrected chi connectivity index (χ0v) is 12.5. The zero-order valence-electron chi connectivity index (χ0n) is 10.4. The van der Waals surface area contributed by atoms with Gasteiger partial charge in [0.05, 0.1) is 26.4 Å². The summed E-state index contributed by atoms with van der Waals surface area (Å²) in [6.45, 7) is 2.10. The molecule has 0 atom stereocenters. The van der Waals surface area contributed by atoms with Gasteiger partial charge in [-0.15, -0.1) is 0 Å². The first-order valence-corrected chi connectivity index (χ1v) is 6.75. The van der Waals surface area contributed by atoms with Gasteiger partial charge < -0.3 is 14.2 Å². The number of benzene rings is 1. The van der Waals surface area contributed by atoms with Crippen LogP contribution in [0.15, 0.2) is 24.3 Å². The first-order chi connectivity index (χ1) is 8.74. The van der Waals surface area contributed by atoms with Crippen molar-refractivity contribution in [3.05, 3.63) is 33.4 Å². The summed E-state index contributed by atoms with van der Waals surface area (Å²) in [4.78, 5) is 11.7. The summed E-state index contributed by atoms with van der Waals surface area (Å²) in [5, 5.41) is 0. The quantitative estimate of drug-likeness (QED) is 0.383.